The summed E-state index contributed by atoms with van der Waals surface area (Å²) in [7, 11) is 1.56. The van der Waals surface area contributed by atoms with E-state index in [0.29, 0.717) is 17.0 Å². The summed E-state index contributed by atoms with van der Waals surface area (Å²) < 4.78 is 7.21. The van der Waals surface area contributed by atoms with Gasteiger partial charge in [-0.05, 0) is 6.92 Å². The van der Waals surface area contributed by atoms with Crippen LogP contribution in [0.2, 0.25) is 0 Å². The molecule has 0 bridgehead atoms. The summed E-state index contributed by atoms with van der Waals surface area (Å²) in [5.74, 6) is 1.46. The summed E-state index contributed by atoms with van der Waals surface area (Å²) in [5.41, 5.74) is 1.32. The van der Waals surface area contributed by atoms with Gasteiger partial charge >= 0.3 is 0 Å². The Kier molecular flexibility index (Phi) is 3.54. The van der Waals surface area contributed by atoms with Crippen LogP contribution in [0.25, 0.3) is 11.2 Å². The van der Waals surface area contributed by atoms with E-state index in [1.807, 2.05) is 16.9 Å². The lowest BCUT2D eigenvalue weighted by Crippen LogP contribution is -2.10. The quantitative estimate of drug-likeness (QED) is 0.693. The first kappa shape index (κ1) is 13.3. The number of imidazole rings is 1. The highest BCUT2D eigenvalue weighted by atomic mass is 35.5. The average Bonchev–Trinajstić information content (AvgIpc) is 3.12. The smallest absolute Gasteiger partial charge is 0.245 e. The first-order valence-electron chi connectivity index (χ1n) is 5.97. The minimum Gasteiger partial charge on any atom is -0.479 e. The number of thiazole rings is 1. The van der Waals surface area contributed by atoms with E-state index in [1.165, 1.54) is 6.33 Å². The summed E-state index contributed by atoms with van der Waals surface area (Å²) in [5, 5.41) is 2.93. The van der Waals surface area contributed by atoms with E-state index in [1.54, 1.807) is 24.6 Å². The van der Waals surface area contributed by atoms with Gasteiger partial charge in [0.25, 0.3) is 0 Å². The maximum absolute atomic E-state index is 6.02. The molecule has 0 aliphatic rings. The van der Waals surface area contributed by atoms with E-state index >= 15 is 0 Å². The van der Waals surface area contributed by atoms with Crippen molar-refractivity contribution < 1.29 is 4.74 Å². The molecular formula is C12H12ClN5OS. The number of methoxy groups -OCH3 is 1. The standard InChI is InChI=1S/C12H12ClN5OS/c1-7(12-14-3-4-20-12)18-8(5-13)17-9-10(18)15-6-16-11(9)19-2/h3-4,6-7H,5H2,1-2H3. The third-order valence-electron chi connectivity index (χ3n) is 3.03. The maximum atomic E-state index is 6.02. The Morgan fingerprint density at radius 1 is 1.40 bits per heavy atom. The van der Waals surface area contributed by atoms with Crippen molar-refractivity contribution in [3.63, 3.8) is 0 Å². The highest BCUT2D eigenvalue weighted by molar-refractivity contribution is 7.09. The third kappa shape index (κ3) is 2.03. The summed E-state index contributed by atoms with van der Waals surface area (Å²) >= 11 is 7.60. The fraction of sp³-hybridized carbons (Fsp3) is 0.333. The minimum atomic E-state index is 0.00774. The molecule has 6 nitrogen and oxygen atoms in total. The Bertz CT molecular complexity index is 727. The highest BCUT2D eigenvalue weighted by Gasteiger charge is 2.21. The SMILES string of the molecule is COc1ncnc2c1nc(CCl)n2C(C)c1nccs1. The number of hydrogen-bond acceptors (Lipinski definition) is 6. The van der Waals surface area contributed by atoms with Crippen LogP contribution in [-0.4, -0.2) is 31.6 Å². The van der Waals surface area contributed by atoms with Gasteiger partial charge < -0.3 is 9.30 Å². The number of fused-ring (bicyclic) bond motifs is 1. The third-order valence-corrected chi connectivity index (χ3v) is 4.21. The molecule has 1 atom stereocenters. The van der Waals surface area contributed by atoms with Gasteiger partial charge in [-0.25, -0.2) is 15.0 Å². The second-order valence-electron chi connectivity index (χ2n) is 4.13. The molecule has 0 aliphatic heterocycles. The van der Waals surface area contributed by atoms with Crippen molar-refractivity contribution >= 4 is 34.1 Å². The highest BCUT2D eigenvalue weighted by Crippen LogP contribution is 2.29. The number of ether oxygens (including phenoxy) is 1. The lowest BCUT2D eigenvalue weighted by molar-refractivity contribution is 0.401. The van der Waals surface area contributed by atoms with Crippen LogP contribution in [-0.2, 0) is 5.88 Å². The fourth-order valence-corrected chi connectivity index (χ4v) is 3.01. The lowest BCUT2D eigenvalue weighted by Gasteiger charge is -2.13. The summed E-state index contributed by atoms with van der Waals surface area (Å²) in [4.78, 5) is 17.2. The number of nitrogens with zero attached hydrogens (tertiary/aromatic N) is 5. The number of rotatable bonds is 4. The zero-order valence-electron chi connectivity index (χ0n) is 10.9. The average molecular weight is 310 g/mol. The molecule has 3 aromatic rings. The molecule has 3 rings (SSSR count). The van der Waals surface area contributed by atoms with Crippen LogP contribution < -0.4 is 4.74 Å². The van der Waals surface area contributed by atoms with Gasteiger partial charge in [-0.15, -0.1) is 22.9 Å². The zero-order chi connectivity index (χ0) is 14.1. The lowest BCUT2D eigenvalue weighted by atomic mass is 10.3. The van der Waals surface area contributed by atoms with E-state index in [-0.39, 0.29) is 11.9 Å². The normalized spacial score (nSPS) is 12.8. The zero-order valence-corrected chi connectivity index (χ0v) is 12.5. The summed E-state index contributed by atoms with van der Waals surface area (Å²) in [6.07, 6.45) is 3.25. The Labute approximate surface area is 124 Å². The second-order valence-corrected chi connectivity index (χ2v) is 5.33. The van der Waals surface area contributed by atoms with Gasteiger partial charge in [0.05, 0.1) is 19.0 Å². The van der Waals surface area contributed by atoms with E-state index in [0.717, 1.165) is 10.8 Å². The number of alkyl halides is 1. The molecule has 0 amide bonds. The molecule has 0 aromatic carbocycles. The van der Waals surface area contributed by atoms with Gasteiger partial charge in [-0.1, -0.05) is 0 Å². The van der Waals surface area contributed by atoms with Crippen LogP contribution in [0.4, 0.5) is 0 Å². The molecule has 3 aromatic heterocycles. The van der Waals surface area contributed by atoms with Gasteiger partial charge in [0.2, 0.25) is 5.88 Å². The van der Waals surface area contributed by atoms with Crippen molar-refractivity contribution in [2.45, 2.75) is 18.8 Å². The van der Waals surface area contributed by atoms with E-state index in [4.69, 9.17) is 16.3 Å². The Morgan fingerprint density at radius 3 is 2.90 bits per heavy atom. The fourth-order valence-electron chi connectivity index (χ4n) is 2.14. The minimum absolute atomic E-state index is 0.00774. The van der Waals surface area contributed by atoms with Crippen LogP contribution >= 0.6 is 22.9 Å². The molecule has 20 heavy (non-hydrogen) atoms. The summed E-state index contributed by atoms with van der Waals surface area (Å²) in [6, 6.07) is 0.00774. The van der Waals surface area contributed by atoms with Crippen LogP contribution in [0.3, 0.4) is 0 Å². The van der Waals surface area contributed by atoms with Gasteiger partial charge in [-0.2, -0.15) is 4.98 Å². The molecule has 0 saturated carbocycles. The molecule has 0 spiro atoms. The molecule has 0 saturated heterocycles. The van der Waals surface area contributed by atoms with E-state index < -0.39 is 0 Å². The van der Waals surface area contributed by atoms with Crippen molar-refractivity contribution in [3.05, 3.63) is 28.7 Å². The van der Waals surface area contributed by atoms with Gasteiger partial charge in [0.1, 0.15) is 17.2 Å². The van der Waals surface area contributed by atoms with Gasteiger partial charge in [0, 0.05) is 11.6 Å². The molecule has 8 heteroatoms. The van der Waals surface area contributed by atoms with Crippen molar-refractivity contribution in [2.24, 2.45) is 0 Å². The monoisotopic (exact) mass is 309 g/mol. The molecular weight excluding hydrogens is 298 g/mol. The first-order chi connectivity index (χ1) is 9.76. The predicted octanol–water partition coefficient (Wildman–Crippen LogP) is 2.64. The van der Waals surface area contributed by atoms with Crippen LogP contribution in [0.5, 0.6) is 5.88 Å². The largest absolute Gasteiger partial charge is 0.479 e. The van der Waals surface area contributed by atoms with Gasteiger partial charge in [-0.3, -0.25) is 0 Å². The Morgan fingerprint density at radius 2 is 2.25 bits per heavy atom. The molecule has 1 unspecified atom stereocenters. The molecule has 104 valence electrons. The molecule has 0 N–H and O–H groups in total. The number of aromatic nitrogens is 5. The van der Waals surface area contributed by atoms with E-state index in [9.17, 15) is 0 Å². The van der Waals surface area contributed by atoms with Crippen LogP contribution in [0.1, 0.15) is 23.8 Å². The Hall–Kier alpha value is -1.73. The van der Waals surface area contributed by atoms with E-state index in [2.05, 4.69) is 19.9 Å². The number of hydrogen-bond donors (Lipinski definition) is 0. The summed E-state index contributed by atoms with van der Waals surface area (Å²) in [6.45, 7) is 2.05. The predicted molar refractivity (Wildman–Crippen MR) is 77.4 cm³/mol. The molecule has 0 aliphatic carbocycles. The van der Waals surface area contributed by atoms with Crippen LogP contribution in [0, 0.1) is 0 Å². The van der Waals surface area contributed by atoms with Crippen molar-refractivity contribution in [1.82, 2.24) is 24.5 Å². The maximum Gasteiger partial charge on any atom is 0.245 e. The van der Waals surface area contributed by atoms with Crippen molar-refractivity contribution in [3.8, 4) is 5.88 Å². The number of halogens is 1. The first-order valence-corrected chi connectivity index (χ1v) is 7.38. The van der Waals surface area contributed by atoms with Crippen molar-refractivity contribution in [1.29, 1.82) is 0 Å². The molecule has 0 radical (unpaired) electrons. The van der Waals surface area contributed by atoms with Gasteiger partial charge in [0.15, 0.2) is 11.2 Å². The molecule has 0 fully saturated rings. The topological polar surface area (TPSA) is 65.7 Å². The van der Waals surface area contributed by atoms with Crippen LogP contribution in [0.15, 0.2) is 17.9 Å². The Balaban J connectivity index is 2.23. The second kappa shape index (κ2) is 5.34. The van der Waals surface area contributed by atoms with Crippen molar-refractivity contribution in [2.75, 3.05) is 7.11 Å². The molecule has 3 heterocycles.